The van der Waals surface area contributed by atoms with E-state index in [2.05, 4.69) is 4.74 Å². The van der Waals surface area contributed by atoms with Crippen molar-refractivity contribution in [3.63, 3.8) is 0 Å². The molecule has 0 spiro atoms. The Morgan fingerprint density at radius 2 is 1.80 bits per heavy atom. The Bertz CT molecular complexity index is 282. The monoisotopic (exact) mass is 213 g/mol. The largest absolute Gasteiger partial charge is 0.466 e. The lowest BCUT2D eigenvalue weighted by atomic mass is 9.89. The fourth-order valence-electron chi connectivity index (χ4n) is 0.948. The van der Waals surface area contributed by atoms with E-state index < -0.39 is 17.4 Å². The molecule has 0 aromatic carbocycles. The number of ether oxygens (including phenoxy) is 2. The number of carbonyl (C=O) groups excluding carboxylic acids is 2. The van der Waals surface area contributed by atoms with Crippen LogP contribution in [-0.4, -0.2) is 25.2 Å². The van der Waals surface area contributed by atoms with Gasteiger partial charge in [0.15, 0.2) is 5.41 Å². The van der Waals surface area contributed by atoms with E-state index in [1.807, 2.05) is 0 Å². The molecule has 0 bridgehead atoms. The number of nitriles is 1. The van der Waals surface area contributed by atoms with Gasteiger partial charge in [-0.25, -0.2) is 0 Å². The summed E-state index contributed by atoms with van der Waals surface area (Å²) in [6.45, 7) is 5.07. The van der Waals surface area contributed by atoms with Gasteiger partial charge in [-0.05, 0) is 20.8 Å². The number of hydrogen-bond acceptors (Lipinski definition) is 5. The van der Waals surface area contributed by atoms with Crippen molar-refractivity contribution in [2.24, 2.45) is 5.41 Å². The molecular formula is C10H15NO4. The molecule has 0 N–H and O–H groups in total. The molecule has 0 aliphatic rings. The van der Waals surface area contributed by atoms with Crippen molar-refractivity contribution in [2.75, 3.05) is 13.2 Å². The van der Waals surface area contributed by atoms with Crippen LogP contribution in [0.3, 0.4) is 0 Å². The highest BCUT2D eigenvalue weighted by atomic mass is 16.5. The quantitative estimate of drug-likeness (QED) is 0.637. The number of rotatable bonds is 5. The normalized spacial score (nSPS) is 13.5. The number of esters is 2. The summed E-state index contributed by atoms with van der Waals surface area (Å²) in [6.07, 6.45) is -0.282. The van der Waals surface area contributed by atoms with E-state index in [9.17, 15) is 9.59 Å². The van der Waals surface area contributed by atoms with E-state index in [0.29, 0.717) is 0 Å². The molecule has 0 heterocycles. The summed E-state index contributed by atoms with van der Waals surface area (Å²) in [5.74, 6) is -1.27. The summed E-state index contributed by atoms with van der Waals surface area (Å²) < 4.78 is 9.38. The summed E-state index contributed by atoms with van der Waals surface area (Å²) in [4.78, 5) is 22.5. The van der Waals surface area contributed by atoms with Crippen LogP contribution in [0.4, 0.5) is 0 Å². The summed E-state index contributed by atoms with van der Waals surface area (Å²) in [5.41, 5.74) is -1.46. The second-order valence-electron chi connectivity index (χ2n) is 3.15. The summed E-state index contributed by atoms with van der Waals surface area (Å²) in [6, 6.07) is 1.78. The Morgan fingerprint density at radius 3 is 2.20 bits per heavy atom. The number of hydrogen-bond donors (Lipinski definition) is 0. The first-order chi connectivity index (χ1) is 7.00. The van der Waals surface area contributed by atoms with Crippen LogP contribution in [0.25, 0.3) is 0 Å². The zero-order chi connectivity index (χ0) is 11.9. The van der Waals surface area contributed by atoms with Crippen molar-refractivity contribution in [3.05, 3.63) is 0 Å². The Morgan fingerprint density at radius 1 is 1.27 bits per heavy atom. The van der Waals surface area contributed by atoms with Crippen LogP contribution in [0.2, 0.25) is 0 Å². The highest BCUT2D eigenvalue weighted by molar-refractivity contribution is 5.85. The molecule has 0 saturated carbocycles. The lowest BCUT2D eigenvalue weighted by molar-refractivity contribution is -0.157. The zero-order valence-corrected chi connectivity index (χ0v) is 9.20. The van der Waals surface area contributed by atoms with Crippen LogP contribution in [0.15, 0.2) is 0 Å². The van der Waals surface area contributed by atoms with E-state index in [4.69, 9.17) is 10.00 Å². The Balaban J connectivity index is 4.51. The van der Waals surface area contributed by atoms with E-state index in [1.54, 1.807) is 19.9 Å². The van der Waals surface area contributed by atoms with Crippen molar-refractivity contribution in [1.29, 1.82) is 5.26 Å². The first-order valence-corrected chi connectivity index (χ1v) is 4.74. The molecular weight excluding hydrogens is 198 g/mol. The second-order valence-corrected chi connectivity index (χ2v) is 3.15. The maximum Gasteiger partial charge on any atom is 0.326 e. The van der Waals surface area contributed by atoms with Crippen LogP contribution >= 0.6 is 0 Å². The second kappa shape index (κ2) is 6.02. The predicted molar refractivity (Wildman–Crippen MR) is 51.6 cm³/mol. The van der Waals surface area contributed by atoms with Crippen molar-refractivity contribution < 1.29 is 19.1 Å². The molecule has 0 rings (SSSR count). The molecule has 5 nitrogen and oxygen atoms in total. The first-order valence-electron chi connectivity index (χ1n) is 4.74. The molecule has 1 unspecified atom stereocenters. The smallest absolute Gasteiger partial charge is 0.326 e. The molecule has 0 saturated heterocycles. The highest BCUT2D eigenvalue weighted by Crippen LogP contribution is 2.22. The molecule has 15 heavy (non-hydrogen) atoms. The van der Waals surface area contributed by atoms with Crippen LogP contribution in [0.5, 0.6) is 0 Å². The van der Waals surface area contributed by atoms with Crippen molar-refractivity contribution in [3.8, 4) is 6.07 Å². The van der Waals surface area contributed by atoms with Gasteiger partial charge in [-0.3, -0.25) is 9.59 Å². The Kier molecular flexibility index (Phi) is 5.39. The summed E-state index contributed by atoms with van der Waals surface area (Å²) in [7, 11) is 0. The zero-order valence-electron chi connectivity index (χ0n) is 9.20. The maximum absolute atomic E-state index is 11.4. The van der Waals surface area contributed by atoms with Crippen LogP contribution in [0.1, 0.15) is 27.2 Å². The van der Waals surface area contributed by atoms with Crippen LogP contribution < -0.4 is 0 Å². The van der Waals surface area contributed by atoms with E-state index in [1.165, 1.54) is 6.92 Å². The average Bonchev–Trinajstić information content (AvgIpc) is 2.18. The molecule has 84 valence electrons. The third-order valence-electron chi connectivity index (χ3n) is 1.78. The molecule has 0 radical (unpaired) electrons. The van der Waals surface area contributed by atoms with Gasteiger partial charge in [-0.2, -0.15) is 5.26 Å². The molecule has 0 amide bonds. The number of carbonyl (C=O) groups is 2. The minimum Gasteiger partial charge on any atom is -0.466 e. The Hall–Kier alpha value is -1.57. The fourth-order valence-corrected chi connectivity index (χ4v) is 0.948. The average molecular weight is 213 g/mol. The molecule has 0 aliphatic carbocycles. The third kappa shape index (κ3) is 3.98. The third-order valence-corrected chi connectivity index (χ3v) is 1.78. The van der Waals surface area contributed by atoms with Gasteiger partial charge in [-0.15, -0.1) is 0 Å². The molecule has 0 aromatic heterocycles. The van der Waals surface area contributed by atoms with Gasteiger partial charge in [0.05, 0.1) is 25.7 Å². The topological polar surface area (TPSA) is 76.4 Å². The van der Waals surface area contributed by atoms with Crippen molar-refractivity contribution in [2.45, 2.75) is 27.2 Å². The van der Waals surface area contributed by atoms with Gasteiger partial charge in [0.1, 0.15) is 0 Å². The molecule has 0 fully saturated rings. The number of nitrogens with zero attached hydrogens (tertiary/aromatic N) is 1. The molecule has 1 atom stereocenters. The summed E-state index contributed by atoms with van der Waals surface area (Å²) in [5, 5.41) is 8.84. The van der Waals surface area contributed by atoms with Crippen molar-refractivity contribution in [1.82, 2.24) is 0 Å². The molecule has 0 aromatic rings. The molecule has 0 aliphatic heterocycles. The van der Waals surface area contributed by atoms with Gasteiger partial charge in [0, 0.05) is 0 Å². The minimum atomic E-state index is -1.46. The SMILES string of the molecule is CCOC(=O)CC(C)(C#N)C(=O)OCC. The van der Waals surface area contributed by atoms with Crippen molar-refractivity contribution >= 4 is 11.9 Å². The standard InChI is InChI=1S/C10H15NO4/c1-4-14-8(12)6-10(3,7-11)9(13)15-5-2/h4-6H2,1-3H3. The lowest BCUT2D eigenvalue weighted by Crippen LogP contribution is -2.31. The van der Waals surface area contributed by atoms with Crippen LogP contribution in [0, 0.1) is 16.7 Å². The van der Waals surface area contributed by atoms with E-state index >= 15 is 0 Å². The van der Waals surface area contributed by atoms with E-state index in [-0.39, 0.29) is 19.6 Å². The summed E-state index contributed by atoms with van der Waals surface area (Å²) >= 11 is 0. The van der Waals surface area contributed by atoms with E-state index in [0.717, 1.165) is 0 Å². The molecule has 5 heteroatoms. The van der Waals surface area contributed by atoms with Gasteiger partial charge in [0.2, 0.25) is 0 Å². The maximum atomic E-state index is 11.4. The van der Waals surface area contributed by atoms with Gasteiger partial charge >= 0.3 is 11.9 Å². The van der Waals surface area contributed by atoms with Gasteiger partial charge in [-0.1, -0.05) is 0 Å². The predicted octanol–water partition coefficient (Wildman–Crippen LogP) is 1.03. The highest BCUT2D eigenvalue weighted by Gasteiger charge is 2.38. The van der Waals surface area contributed by atoms with Gasteiger partial charge < -0.3 is 9.47 Å². The minimum absolute atomic E-state index is 0.179. The van der Waals surface area contributed by atoms with Crippen LogP contribution in [-0.2, 0) is 19.1 Å². The Labute approximate surface area is 89.0 Å². The van der Waals surface area contributed by atoms with Gasteiger partial charge in [0.25, 0.3) is 0 Å². The first kappa shape index (κ1) is 13.4. The fraction of sp³-hybridized carbons (Fsp3) is 0.700. The lowest BCUT2D eigenvalue weighted by Gasteiger charge is -2.17.